The maximum absolute atomic E-state index is 9.98. The van der Waals surface area contributed by atoms with Gasteiger partial charge in [-0.05, 0) is 12.8 Å². The molecule has 0 aliphatic rings. The van der Waals surface area contributed by atoms with Gasteiger partial charge in [-0.25, -0.2) is 0 Å². The maximum Gasteiger partial charge on any atom is 0.303 e. The third-order valence-corrected chi connectivity index (χ3v) is 1.24. The first kappa shape index (κ1) is 14.5. The quantitative estimate of drug-likeness (QED) is 0.688. The molecule has 0 radical (unpaired) electrons. The third-order valence-electron chi connectivity index (χ3n) is 1.24. The highest BCUT2D eigenvalue weighted by atomic mass is 16.4. The van der Waals surface area contributed by atoms with Crippen molar-refractivity contribution in [3.63, 3.8) is 0 Å². The van der Waals surface area contributed by atoms with E-state index in [0.717, 1.165) is 19.3 Å². The Hall–Kier alpha value is -1.06. The van der Waals surface area contributed by atoms with Gasteiger partial charge in [-0.15, -0.1) is 0 Å². The molecule has 0 aromatic rings. The molecule has 0 aliphatic heterocycles. The fourth-order valence-electron chi connectivity index (χ4n) is 0.565. The van der Waals surface area contributed by atoms with Gasteiger partial charge >= 0.3 is 5.97 Å². The molecule has 0 heterocycles. The molecule has 0 fully saturated rings. The first-order valence-corrected chi connectivity index (χ1v) is 4.54. The summed E-state index contributed by atoms with van der Waals surface area (Å²) in [6.07, 6.45) is 3.53. The van der Waals surface area contributed by atoms with Crippen molar-refractivity contribution >= 4 is 11.9 Å². The highest BCUT2D eigenvalue weighted by molar-refractivity contribution is 5.73. The summed E-state index contributed by atoms with van der Waals surface area (Å²) in [6.45, 7) is 3.87. The second-order valence-corrected chi connectivity index (χ2v) is 2.71. The second kappa shape index (κ2) is 10.9. The average Bonchev–Trinajstić information content (AvgIpc) is 2.01. The molecule has 0 spiro atoms. The highest BCUT2D eigenvalue weighted by Gasteiger charge is 1.88. The van der Waals surface area contributed by atoms with Gasteiger partial charge in [0.15, 0.2) is 0 Å². The number of aliphatic carboxylic acids is 1. The number of carboxylic acids is 1. The van der Waals surface area contributed by atoms with Crippen LogP contribution in [0.4, 0.5) is 0 Å². The molecule has 78 valence electrons. The Balaban J connectivity index is 0. The zero-order chi connectivity index (χ0) is 10.7. The van der Waals surface area contributed by atoms with E-state index in [2.05, 4.69) is 0 Å². The van der Waals surface area contributed by atoms with Gasteiger partial charge in [-0.2, -0.15) is 0 Å². The van der Waals surface area contributed by atoms with E-state index in [9.17, 15) is 9.59 Å². The molecule has 0 aromatic heterocycles. The van der Waals surface area contributed by atoms with Crippen LogP contribution in [0.15, 0.2) is 0 Å². The molecule has 13 heavy (non-hydrogen) atoms. The van der Waals surface area contributed by atoms with Crippen molar-refractivity contribution in [1.82, 2.24) is 0 Å². The predicted molar refractivity (Wildman–Crippen MR) is 51.3 cm³/mol. The van der Waals surface area contributed by atoms with Crippen LogP contribution in [-0.2, 0) is 9.59 Å². The molecule has 1 amide bonds. The van der Waals surface area contributed by atoms with Crippen molar-refractivity contribution in [3.8, 4) is 0 Å². The van der Waals surface area contributed by atoms with Crippen LogP contribution in [0.5, 0.6) is 0 Å². The highest BCUT2D eigenvalue weighted by Crippen LogP contribution is 1.89. The maximum atomic E-state index is 9.98. The van der Waals surface area contributed by atoms with Crippen LogP contribution in [0, 0.1) is 0 Å². The lowest BCUT2D eigenvalue weighted by Gasteiger charge is -1.86. The van der Waals surface area contributed by atoms with Gasteiger partial charge in [0.25, 0.3) is 0 Å². The summed E-state index contributed by atoms with van der Waals surface area (Å²) >= 11 is 0. The van der Waals surface area contributed by atoms with Gasteiger partial charge in [0, 0.05) is 12.8 Å². The smallest absolute Gasteiger partial charge is 0.303 e. The molecule has 0 atom stereocenters. The zero-order valence-electron chi connectivity index (χ0n) is 8.38. The van der Waals surface area contributed by atoms with E-state index in [0.29, 0.717) is 12.8 Å². The Labute approximate surface area is 79.1 Å². The molecule has 0 bridgehead atoms. The summed E-state index contributed by atoms with van der Waals surface area (Å²) in [6, 6.07) is 0. The van der Waals surface area contributed by atoms with Crippen LogP contribution in [0.1, 0.15) is 46.0 Å². The number of rotatable bonds is 5. The molecule has 0 rings (SSSR count). The molecule has 0 saturated carbocycles. The van der Waals surface area contributed by atoms with Crippen molar-refractivity contribution in [3.05, 3.63) is 0 Å². The lowest BCUT2D eigenvalue weighted by Crippen LogP contribution is -2.09. The normalized spacial score (nSPS) is 8.46. The summed E-state index contributed by atoms with van der Waals surface area (Å²) < 4.78 is 0. The summed E-state index contributed by atoms with van der Waals surface area (Å²) in [4.78, 5) is 19.6. The fraction of sp³-hybridized carbons (Fsp3) is 0.778. The van der Waals surface area contributed by atoms with Crippen LogP contribution in [0.25, 0.3) is 0 Å². The van der Waals surface area contributed by atoms with Crippen molar-refractivity contribution in [1.29, 1.82) is 0 Å². The predicted octanol–water partition coefficient (Wildman–Crippen LogP) is 1.53. The molecule has 0 aromatic carbocycles. The Bertz CT molecular complexity index is 146. The SMILES string of the molecule is CCCC(=O)O.CCCCC(N)=O. The van der Waals surface area contributed by atoms with Crippen molar-refractivity contribution in [2.45, 2.75) is 46.0 Å². The Morgan fingerprint density at radius 2 is 1.69 bits per heavy atom. The number of amides is 1. The average molecular weight is 189 g/mol. The van der Waals surface area contributed by atoms with Crippen LogP contribution in [0.3, 0.4) is 0 Å². The lowest BCUT2D eigenvalue weighted by atomic mass is 10.2. The largest absolute Gasteiger partial charge is 0.481 e. The second-order valence-electron chi connectivity index (χ2n) is 2.71. The van der Waals surface area contributed by atoms with E-state index >= 15 is 0 Å². The fourth-order valence-corrected chi connectivity index (χ4v) is 0.565. The number of carbonyl (C=O) groups excluding carboxylic acids is 1. The van der Waals surface area contributed by atoms with E-state index in [1.165, 1.54) is 0 Å². The van der Waals surface area contributed by atoms with E-state index in [1.54, 1.807) is 0 Å². The zero-order valence-corrected chi connectivity index (χ0v) is 8.38. The summed E-state index contributed by atoms with van der Waals surface area (Å²) in [5.74, 6) is -0.903. The number of hydrogen-bond acceptors (Lipinski definition) is 2. The summed E-state index contributed by atoms with van der Waals surface area (Å²) in [5, 5.41) is 7.91. The molecule has 4 nitrogen and oxygen atoms in total. The lowest BCUT2D eigenvalue weighted by molar-refractivity contribution is -0.137. The summed E-state index contributed by atoms with van der Waals surface area (Å²) in [7, 11) is 0. The van der Waals surface area contributed by atoms with Gasteiger partial charge in [0.1, 0.15) is 0 Å². The Morgan fingerprint density at radius 3 is 1.77 bits per heavy atom. The molecule has 4 heteroatoms. The topological polar surface area (TPSA) is 80.4 Å². The van der Waals surface area contributed by atoms with Crippen LogP contribution < -0.4 is 5.73 Å². The number of carboxylic acid groups (broad SMARTS) is 1. The molecule has 3 N–H and O–H groups in total. The summed E-state index contributed by atoms with van der Waals surface area (Å²) in [5.41, 5.74) is 4.84. The number of primary amides is 1. The van der Waals surface area contributed by atoms with Crippen molar-refractivity contribution in [2.75, 3.05) is 0 Å². The Morgan fingerprint density at radius 1 is 1.15 bits per heavy atom. The first-order chi connectivity index (χ1) is 6.04. The minimum Gasteiger partial charge on any atom is -0.481 e. The third kappa shape index (κ3) is 24.8. The van der Waals surface area contributed by atoms with Crippen molar-refractivity contribution in [2.24, 2.45) is 5.73 Å². The Kier molecular flexibility index (Phi) is 12.2. The van der Waals surface area contributed by atoms with Crippen molar-refractivity contribution < 1.29 is 14.7 Å². The standard InChI is InChI=1S/C5H11NO.C4H8O2/c1-2-3-4-5(6)7;1-2-3-4(5)6/h2-4H2,1H3,(H2,6,7);2-3H2,1H3,(H,5,6). The van der Waals surface area contributed by atoms with Gasteiger partial charge < -0.3 is 10.8 Å². The molecule has 0 unspecified atom stereocenters. The van der Waals surface area contributed by atoms with Crippen LogP contribution >= 0.6 is 0 Å². The van der Waals surface area contributed by atoms with Gasteiger partial charge in [-0.3, -0.25) is 9.59 Å². The van der Waals surface area contributed by atoms with Gasteiger partial charge in [0.05, 0.1) is 0 Å². The molecule has 0 saturated heterocycles. The first-order valence-electron chi connectivity index (χ1n) is 4.54. The van der Waals surface area contributed by atoms with E-state index in [4.69, 9.17) is 10.8 Å². The van der Waals surface area contributed by atoms with Gasteiger partial charge in [0.2, 0.25) is 5.91 Å². The monoisotopic (exact) mass is 189 g/mol. The minimum atomic E-state index is -0.711. The molecule has 0 aliphatic carbocycles. The van der Waals surface area contributed by atoms with E-state index in [-0.39, 0.29) is 5.91 Å². The number of hydrogen-bond donors (Lipinski definition) is 2. The number of nitrogens with two attached hydrogens (primary N) is 1. The van der Waals surface area contributed by atoms with Crippen LogP contribution in [0.2, 0.25) is 0 Å². The van der Waals surface area contributed by atoms with Crippen LogP contribution in [-0.4, -0.2) is 17.0 Å². The molecular weight excluding hydrogens is 170 g/mol. The molecular formula is C9H19NO3. The van der Waals surface area contributed by atoms with Gasteiger partial charge in [-0.1, -0.05) is 20.3 Å². The number of carbonyl (C=O) groups is 2. The van der Waals surface area contributed by atoms with E-state index < -0.39 is 5.97 Å². The number of unbranched alkanes of at least 4 members (excludes halogenated alkanes) is 1. The minimum absolute atomic E-state index is 0.193. The van der Waals surface area contributed by atoms with E-state index in [1.807, 2.05) is 13.8 Å².